The Morgan fingerprint density at radius 1 is 1.53 bits per heavy atom. The van der Waals surface area contributed by atoms with Crippen LogP contribution in [0.5, 0.6) is 0 Å². The zero-order valence-corrected chi connectivity index (χ0v) is 11.1. The molecular weight excluding hydrogens is 290 g/mol. The highest BCUT2D eigenvalue weighted by Crippen LogP contribution is 2.32. The van der Waals surface area contributed by atoms with Crippen LogP contribution in [0.15, 0.2) is 16.6 Å². The third kappa shape index (κ3) is 2.82. The highest BCUT2D eigenvalue weighted by molar-refractivity contribution is 9.10. The van der Waals surface area contributed by atoms with Gasteiger partial charge in [0.25, 0.3) is 5.69 Å². The normalized spacial score (nSPS) is 10.1. The summed E-state index contributed by atoms with van der Waals surface area (Å²) in [7, 11) is 1.26. The van der Waals surface area contributed by atoms with Crippen LogP contribution in [0.1, 0.15) is 29.3 Å². The summed E-state index contributed by atoms with van der Waals surface area (Å²) in [6.07, 6.45) is 1.17. The van der Waals surface area contributed by atoms with E-state index in [0.717, 1.165) is 0 Å². The molecule has 0 saturated heterocycles. The van der Waals surface area contributed by atoms with E-state index >= 15 is 0 Å². The number of hydrogen-bond acceptors (Lipinski definition) is 4. The fraction of sp³-hybridized carbons (Fsp3) is 0.364. The molecule has 6 heteroatoms. The van der Waals surface area contributed by atoms with Gasteiger partial charge in [-0.05, 0) is 34.5 Å². The molecule has 0 radical (unpaired) electrons. The minimum absolute atomic E-state index is 0.0604. The fourth-order valence-electron chi connectivity index (χ4n) is 1.61. The molecule has 0 heterocycles. The molecule has 5 nitrogen and oxygen atoms in total. The van der Waals surface area contributed by atoms with Gasteiger partial charge in [0.1, 0.15) is 0 Å². The summed E-state index contributed by atoms with van der Waals surface area (Å²) in [5, 5.41) is 11.0. The minimum Gasteiger partial charge on any atom is -0.465 e. The number of methoxy groups -OCH3 is 1. The Morgan fingerprint density at radius 3 is 2.65 bits per heavy atom. The Hall–Kier alpha value is -1.43. The first-order valence-corrected chi connectivity index (χ1v) is 5.86. The van der Waals surface area contributed by atoms with Gasteiger partial charge in [0.2, 0.25) is 0 Å². The van der Waals surface area contributed by atoms with Crippen molar-refractivity contribution in [1.29, 1.82) is 0 Å². The standard InChI is InChI=1S/C11H12BrNO4/c1-3-4-7-8(11(14)17-2)5-6-9(12)10(7)13(15)16/h5-6H,3-4H2,1-2H3. The van der Waals surface area contributed by atoms with Crippen molar-refractivity contribution in [2.75, 3.05) is 7.11 Å². The van der Waals surface area contributed by atoms with Crippen LogP contribution in [0.25, 0.3) is 0 Å². The molecule has 0 aromatic heterocycles. The molecular formula is C11H12BrNO4. The van der Waals surface area contributed by atoms with Crippen molar-refractivity contribution in [2.24, 2.45) is 0 Å². The van der Waals surface area contributed by atoms with Gasteiger partial charge in [-0.3, -0.25) is 10.1 Å². The van der Waals surface area contributed by atoms with Gasteiger partial charge < -0.3 is 4.74 Å². The van der Waals surface area contributed by atoms with Gasteiger partial charge >= 0.3 is 5.97 Å². The third-order valence-corrected chi connectivity index (χ3v) is 2.96. The van der Waals surface area contributed by atoms with Gasteiger partial charge in [0.15, 0.2) is 0 Å². The van der Waals surface area contributed by atoms with E-state index < -0.39 is 10.9 Å². The molecule has 0 fully saturated rings. The van der Waals surface area contributed by atoms with Crippen LogP contribution in [-0.4, -0.2) is 18.0 Å². The molecule has 1 aromatic carbocycles. The number of hydrogen-bond donors (Lipinski definition) is 0. The molecule has 0 amide bonds. The summed E-state index contributed by atoms with van der Waals surface area (Å²) in [5.41, 5.74) is 0.609. The molecule has 92 valence electrons. The van der Waals surface area contributed by atoms with Crippen molar-refractivity contribution in [1.82, 2.24) is 0 Å². The lowest BCUT2D eigenvalue weighted by molar-refractivity contribution is -0.386. The number of carbonyl (C=O) groups is 1. The molecule has 0 saturated carbocycles. The van der Waals surface area contributed by atoms with Crippen LogP contribution >= 0.6 is 15.9 Å². The Morgan fingerprint density at radius 2 is 2.18 bits per heavy atom. The molecule has 0 aliphatic rings. The summed E-state index contributed by atoms with van der Waals surface area (Å²) < 4.78 is 4.99. The second-order valence-corrected chi connectivity index (χ2v) is 4.28. The molecule has 1 aromatic rings. The first-order chi connectivity index (χ1) is 8.02. The van der Waals surface area contributed by atoms with E-state index in [1.54, 1.807) is 0 Å². The zero-order valence-electron chi connectivity index (χ0n) is 9.53. The SMILES string of the molecule is CCCc1c(C(=O)OC)ccc(Br)c1[N+](=O)[O-]. The number of esters is 1. The van der Waals surface area contributed by atoms with Crippen LogP contribution in [0.3, 0.4) is 0 Å². The molecule has 0 N–H and O–H groups in total. The van der Waals surface area contributed by atoms with E-state index in [1.807, 2.05) is 6.92 Å². The van der Waals surface area contributed by atoms with Crippen molar-refractivity contribution in [3.8, 4) is 0 Å². The quantitative estimate of drug-likeness (QED) is 0.487. The van der Waals surface area contributed by atoms with Crippen molar-refractivity contribution in [3.05, 3.63) is 37.8 Å². The molecule has 0 unspecified atom stereocenters. The monoisotopic (exact) mass is 301 g/mol. The summed E-state index contributed by atoms with van der Waals surface area (Å²) in [6.45, 7) is 1.89. The van der Waals surface area contributed by atoms with E-state index in [2.05, 4.69) is 20.7 Å². The Bertz CT molecular complexity index is 459. The van der Waals surface area contributed by atoms with Gasteiger partial charge in [0, 0.05) is 5.56 Å². The van der Waals surface area contributed by atoms with Gasteiger partial charge in [-0.2, -0.15) is 0 Å². The number of rotatable bonds is 4. The summed E-state index contributed by atoms with van der Waals surface area (Å²) in [4.78, 5) is 22.1. The van der Waals surface area contributed by atoms with Gasteiger partial charge in [-0.25, -0.2) is 4.79 Å². The highest BCUT2D eigenvalue weighted by Gasteiger charge is 2.24. The van der Waals surface area contributed by atoms with Crippen molar-refractivity contribution < 1.29 is 14.5 Å². The second-order valence-electron chi connectivity index (χ2n) is 3.42. The van der Waals surface area contributed by atoms with E-state index in [9.17, 15) is 14.9 Å². The Kier molecular flexibility index (Phi) is 4.62. The first-order valence-electron chi connectivity index (χ1n) is 5.07. The number of ether oxygens (including phenoxy) is 1. The van der Waals surface area contributed by atoms with Gasteiger partial charge in [-0.1, -0.05) is 13.3 Å². The van der Waals surface area contributed by atoms with Crippen molar-refractivity contribution in [3.63, 3.8) is 0 Å². The Balaban J connectivity index is 3.46. The molecule has 1 rings (SSSR count). The van der Waals surface area contributed by atoms with E-state index in [-0.39, 0.29) is 11.3 Å². The third-order valence-electron chi connectivity index (χ3n) is 2.32. The smallest absolute Gasteiger partial charge is 0.338 e. The van der Waals surface area contributed by atoms with Crippen molar-refractivity contribution in [2.45, 2.75) is 19.8 Å². The van der Waals surface area contributed by atoms with Gasteiger partial charge in [0.05, 0.1) is 22.1 Å². The lowest BCUT2D eigenvalue weighted by Gasteiger charge is -2.08. The maximum atomic E-state index is 11.5. The van der Waals surface area contributed by atoms with Crippen molar-refractivity contribution >= 4 is 27.6 Å². The van der Waals surface area contributed by atoms with E-state index in [4.69, 9.17) is 0 Å². The lowest BCUT2D eigenvalue weighted by atomic mass is 10.0. The topological polar surface area (TPSA) is 69.4 Å². The van der Waals surface area contributed by atoms with Crippen LogP contribution in [0.4, 0.5) is 5.69 Å². The predicted octanol–water partition coefficient (Wildman–Crippen LogP) is 3.10. The van der Waals surface area contributed by atoms with E-state index in [1.165, 1.54) is 19.2 Å². The number of nitro groups is 1. The maximum absolute atomic E-state index is 11.5. The van der Waals surface area contributed by atoms with Crippen LogP contribution in [0.2, 0.25) is 0 Å². The predicted molar refractivity (Wildman–Crippen MR) is 66.1 cm³/mol. The largest absolute Gasteiger partial charge is 0.465 e. The van der Waals surface area contributed by atoms with Crippen LogP contribution in [-0.2, 0) is 11.2 Å². The summed E-state index contributed by atoms with van der Waals surface area (Å²) >= 11 is 3.13. The van der Waals surface area contributed by atoms with Gasteiger partial charge in [-0.15, -0.1) is 0 Å². The van der Waals surface area contributed by atoms with Crippen LogP contribution in [0, 0.1) is 10.1 Å². The average molecular weight is 302 g/mol. The molecule has 0 aliphatic carbocycles. The number of carbonyl (C=O) groups excluding carboxylic acids is 1. The molecule has 0 aliphatic heterocycles. The summed E-state index contributed by atoms with van der Waals surface area (Å²) in [5.74, 6) is -0.552. The lowest BCUT2D eigenvalue weighted by Crippen LogP contribution is -2.08. The average Bonchev–Trinajstić information content (AvgIpc) is 2.28. The van der Waals surface area contributed by atoms with Crippen LogP contribution < -0.4 is 0 Å². The van der Waals surface area contributed by atoms with E-state index in [0.29, 0.717) is 22.9 Å². The number of halogens is 1. The Labute approximate surface area is 107 Å². The molecule has 17 heavy (non-hydrogen) atoms. The first kappa shape index (κ1) is 13.6. The summed E-state index contributed by atoms with van der Waals surface area (Å²) in [6, 6.07) is 3.03. The molecule has 0 bridgehead atoms. The molecule has 0 spiro atoms. The number of benzene rings is 1. The number of nitrogens with zero attached hydrogens (tertiary/aromatic N) is 1. The number of nitro benzene ring substituents is 1. The fourth-order valence-corrected chi connectivity index (χ4v) is 2.13. The highest BCUT2D eigenvalue weighted by atomic mass is 79.9. The maximum Gasteiger partial charge on any atom is 0.338 e. The minimum atomic E-state index is -0.552. The molecule has 0 atom stereocenters. The second kappa shape index (κ2) is 5.77. The zero-order chi connectivity index (χ0) is 13.0.